The van der Waals surface area contributed by atoms with Gasteiger partial charge in [-0.3, -0.25) is 0 Å². The molecule has 126 valence electrons. The van der Waals surface area contributed by atoms with Crippen LogP contribution in [0, 0.1) is 28.6 Å². The smallest absolute Gasteiger partial charge is 0.0230 e. The zero-order valence-corrected chi connectivity index (χ0v) is 16.1. The van der Waals surface area contributed by atoms with Gasteiger partial charge >= 0.3 is 0 Å². The molecule has 1 aliphatic rings. The van der Waals surface area contributed by atoms with Crippen molar-refractivity contribution in [3.8, 4) is 0 Å². The van der Waals surface area contributed by atoms with Gasteiger partial charge in [0.1, 0.15) is 0 Å². The molecule has 1 saturated carbocycles. The van der Waals surface area contributed by atoms with Gasteiger partial charge in [0, 0.05) is 0 Å². The molecule has 0 heterocycles. The van der Waals surface area contributed by atoms with Gasteiger partial charge in [0.15, 0.2) is 0 Å². The van der Waals surface area contributed by atoms with E-state index in [1.165, 1.54) is 57.8 Å². The highest BCUT2D eigenvalue weighted by Crippen LogP contribution is 2.68. The lowest BCUT2D eigenvalue weighted by molar-refractivity contribution is 0.0518. The third-order valence-corrected chi connectivity index (χ3v) is 6.94. The van der Waals surface area contributed by atoms with Gasteiger partial charge in [-0.2, -0.15) is 0 Å². The lowest BCUT2D eigenvalue weighted by Crippen LogP contribution is -2.36. The Bertz CT molecular complexity index is 294. The fourth-order valence-electron chi connectivity index (χ4n) is 5.35. The maximum absolute atomic E-state index is 2.61. The first-order chi connectivity index (χ1) is 9.93. The van der Waals surface area contributed by atoms with E-state index in [1.807, 2.05) is 0 Å². The van der Waals surface area contributed by atoms with Gasteiger partial charge in [0.05, 0.1) is 0 Å². The summed E-state index contributed by atoms with van der Waals surface area (Å²) < 4.78 is 0. The third kappa shape index (κ3) is 4.05. The van der Waals surface area contributed by atoms with E-state index in [1.54, 1.807) is 0 Å². The highest BCUT2D eigenvalue weighted by atomic mass is 14.6. The predicted octanol–water partition coefficient (Wildman–Crippen LogP) is 7.47. The van der Waals surface area contributed by atoms with Crippen molar-refractivity contribution in [1.29, 1.82) is 0 Å². The van der Waals surface area contributed by atoms with Crippen LogP contribution in [0.4, 0.5) is 0 Å². The molecular weight excluding hydrogens is 252 g/mol. The van der Waals surface area contributed by atoms with Crippen LogP contribution in [0.1, 0.15) is 106 Å². The van der Waals surface area contributed by atoms with Crippen molar-refractivity contribution < 1.29 is 0 Å². The van der Waals surface area contributed by atoms with Gasteiger partial charge < -0.3 is 0 Å². The molecule has 0 aliphatic heterocycles. The number of rotatable bonds is 11. The van der Waals surface area contributed by atoms with Gasteiger partial charge in [-0.05, 0) is 54.3 Å². The van der Waals surface area contributed by atoms with Crippen LogP contribution >= 0.6 is 0 Å². The highest BCUT2D eigenvalue weighted by Gasteiger charge is 2.60. The summed E-state index contributed by atoms with van der Waals surface area (Å²) >= 11 is 0. The maximum Gasteiger partial charge on any atom is -0.0230 e. The first-order valence-electron chi connectivity index (χ1n) is 9.93. The molecule has 0 aromatic rings. The van der Waals surface area contributed by atoms with Crippen LogP contribution in [0.2, 0.25) is 0 Å². The van der Waals surface area contributed by atoms with Crippen LogP contribution in [0.3, 0.4) is 0 Å². The van der Waals surface area contributed by atoms with Gasteiger partial charge in [-0.1, -0.05) is 80.6 Å². The molecule has 0 saturated heterocycles. The molecule has 1 fully saturated rings. The van der Waals surface area contributed by atoms with Gasteiger partial charge in [0.25, 0.3) is 0 Å². The fourth-order valence-corrected chi connectivity index (χ4v) is 5.35. The van der Waals surface area contributed by atoms with E-state index in [-0.39, 0.29) is 0 Å². The molecule has 0 aromatic heterocycles. The Balaban J connectivity index is 3.04. The molecular formula is C21H42. The molecule has 5 unspecified atom stereocenters. The van der Waals surface area contributed by atoms with Crippen molar-refractivity contribution in [3.05, 3.63) is 0 Å². The Morgan fingerprint density at radius 2 is 1.76 bits per heavy atom. The predicted molar refractivity (Wildman–Crippen MR) is 96.6 cm³/mol. The maximum atomic E-state index is 2.61. The zero-order valence-electron chi connectivity index (χ0n) is 16.1. The lowest BCUT2D eigenvalue weighted by atomic mass is 9.61. The first kappa shape index (κ1) is 19.0. The minimum absolute atomic E-state index is 0.572. The number of hydrogen-bond donors (Lipinski definition) is 0. The monoisotopic (exact) mass is 294 g/mol. The molecule has 0 amide bonds. The molecule has 0 bridgehead atoms. The average Bonchev–Trinajstić information content (AvgIpc) is 3.18. The third-order valence-electron chi connectivity index (χ3n) is 6.94. The van der Waals surface area contributed by atoms with E-state index in [0.29, 0.717) is 10.8 Å². The zero-order chi connectivity index (χ0) is 16.1. The number of hydrogen-bond acceptors (Lipinski definition) is 0. The molecule has 0 N–H and O–H groups in total. The van der Waals surface area contributed by atoms with Crippen LogP contribution in [0.5, 0.6) is 0 Å². The van der Waals surface area contributed by atoms with Crippen LogP contribution in [-0.4, -0.2) is 0 Å². The highest BCUT2D eigenvalue weighted by molar-refractivity contribution is 5.09. The summed E-state index contributed by atoms with van der Waals surface area (Å²) in [6.07, 6.45) is 12.7. The van der Waals surface area contributed by atoms with E-state index < -0.39 is 0 Å². The Labute approximate surface area is 135 Å². The Morgan fingerprint density at radius 3 is 2.14 bits per heavy atom. The minimum Gasteiger partial charge on any atom is -0.0654 e. The van der Waals surface area contributed by atoms with E-state index in [0.717, 1.165) is 17.8 Å². The summed E-state index contributed by atoms with van der Waals surface area (Å²) in [6.45, 7) is 17.1. The summed E-state index contributed by atoms with van der Waals surface area (Å²) in [7, 11) is 0. The fraction of sp³-hybridized carbons (Fsp3) is 1.00. The molecule has 0 heteroatoms. The van der Waals surface area contributed by atoms with Gasteiger partial charge in [-0.15, -0.1) is 0 Å². The van der Waals surface area contributed by atoms with Gasteiger partial charge in [0.2, 0.25) is 0 Å². The van der Waals surface area contributed by atoms with E-state index in [9.17, 15) is 0 Å². The Hall–Kier alpha value is 0. The van der Waals surface area contributed by atoms with E-state index in [2.05, 4.69) is 48.5 Å². The van der Waals surface area contributed by atoms with Crippen molar-refractivity contribution in [2.24, 2.45) is 28.6 Å². The second-order valence-corrected chi connectivity index (χ2v) is 8.36. The molecule has 1 aliphatic carbocycles. The average molecular weight is 295 g/mol. The molecule has 0 spiro atoms. The molecule has 1 rings (SSSR count). The normalized spacial score (nSPS) is 30.7. The summed E-state index contributed by atoms with van der Waals surface area (Å²) in [5.41, 5.74) is 1.27. The van der Waals surface area contributed by atoms with Crippen molar-refractivity contribution in [2.75, 3.05) is 0 Å². The molecule has 5 atom stereocenters. The van der Waals surface area contributed by atoms with Crippen molar-refractivity contribution in [2.45, 2.75) is 106 Å². The standard InChI is InChI=1S/C21H42/c1-8-13-19(20(7,12-5)14-9-2)21(15-17(6)10-3)16-18(21)11-4/h17-19H,8-16H2,1-7H3. The van der Waals surface area contributed by atoms with Crippen LogP contribution in [0.15, 0.2) is 0 Å². The topological polar surface area (TPSA) is 0 Å². The van der Waals surface area contributed by atoms with Crippen LogP contribution in [0.25, 0.3) is 0 Å². The Morgan fingerprint density at radius 1 is 1.10 bits per heavy atom. The van der Waals surface area contributed by atoms with E-state index in [4.69, 9.17) is 0 Å². The van der Waals surface area contributed by atoms with Crippen molar-refractivity contribution in [3.63, 3.8) is 0 Å². The lowest BCUT2D eigenvalue weighted by Gasteiger charge is -2.44. The largest absolute Gasteiger partial charge is 0.0654 e. The summed E-state index contributed by atoms with van der Waals surface area (Å²) in [4.78, 5) is 0. The van der Waals surface area contributed by atoms with Crippen molar-refractivity contribution in [1.82, 2.24) is 0 Å². The SMILES string of the molecule is CCCC(C(C)(CC)CCC)C1(CC(C)CC)CC1CC. The van der Waals surface area contributed by atoms with Crippen molar-refractivity contribution >= 4 is 0 Å². The van der Waals surface area contributed by atoms with E-state index >= 15 is 0 Å². The molecule has 21 heavy (non-hydrogen) atoms. The molecule has 0 nitrogen and oxygen atoms in total. The first-order valence-corrected chi connectivity index (χ1v) is 9.93. The Kier molecular flexibility index (Phi) is 7.28. The second kappa shape index (κ2) is 8.02. The van der Waals surface area contributed by atoms with Crippen LogP contribution < -0.4 is 0 Å². The quantitative estimate of drug-likeness (QED) is 0.370. The van der Waals surface area contributed by atoms with Crippen LogP contribution in [-0.2, 0) is 0 Å². The molecule has 0 radical (unpaired) electrons. The van der Waals surface area contributed by atoms with Gasteiger partial charge in [-0.25, -0.2) is 0 Å². The summed E-state index contributed by atoms with van der Waals surface area (Å²) in [5.74, 6) is 2.88. The molecule has 0 aromatic carbocycles. The summed E-state index contributed by atoms with van der Waals surface area (Å²) in [6, 6.07) is 0. The summed E-state index contributed by atoms with van der Waals surface area (Å²) in [5, 5.41) is 0. The second-order valence-electron chi connectivity index (χ2n) is 8.36. The minimum atomic E-state index is 0.572.